The van der Waals surface area contributed by atoms with E-state index in [0.29, 0.717) is 17.7 Å². The molecule has 5 heteroatoms. The van der Waals surface area contributed by atoms with Gasteiger partial charge in [-0.05, 0) is 29.8 Å². The Kier molecular flexibility index (Phi) is 3.78. The zero-order chi connectivity index (χ0) is 15.5. The molecular weight excluding hydrogens is 280 g/mol. The van der Waals surface area contributed by atoms with Gasteiger partial charge in [0.25, 0.3) is 0 Å². The molecule has 0 spiro atoms. The Morgan fingerprint density at radius 2 is 2.00 bits per heavy atom. The number of methoxy groups -OCH3 is 1. The van der Waals surface area contributed by atoms with E-state index in [0.717, 1.165) is 11.3 Å². The molecule has 2 aromatic rings. The van der Waals surface area contributed by atoms with Crippen molar-refractivity contribution < 1.29 is 14.3 Å². The van der Waals surface area contributed by atoms with E-state index in [-0.39, 0.29) is 11.9 Å². The van der Waals surface area contributed by atoms with E-state index in [4.69, 9.17) is 0 Å². The molecule has 0 fully saturated rings. The highest BCUT2D eigenvalue weighted by Gasteiger charge is 2.26. The van der Waals surface area contributed by atoms with Crippen LogP contribution in [0.3, 0.4) is 0 Å². The van der Waals surface area contributed by atoms with Gasteiger partial charge in [0.1, 0.15) is 6.04 Å². The molecule has 0 aliphatic carbocycles. The third kappa shape index (κ3) is 2.79. The van der Waals surface area contributed by atoms with E-state index >= 15 is 0 Å². The molecule has 0 saturated carbocycles. The van der Waals surface area contributed by atoms with Crippen molar-refractivity contribution >= 4 is 23.3 Å². The predicted molar refractivity (Wildman–Crippen MR) is 84.0 cm³/mol. The Morgan fingerprint density at radius 1 is 1.18 bits per heavy atom. The third-order valence-electron chi connectivity index (χ3n) is 3.64. The van der Waals surface area contributed by atoms with Gasteiger partial charge < -0.3 is 15.4 Å². The summed E-state index contributed by atoms with van der Waals surface area (Å²) in [5.74, 6) is -0.555. The first kappa shape index (κ1) is 14.1. The lowest BCUT2D eigenvalue weighted by molar-refractivity contribution is -0.116. The van der Waals surface area contributed by atoms with Crippen LogP contribution in [0.15, 0.2) is 48.5 Å². The maximum Gasteiger partial charge on any atom is 0.337 e. The SMILES string of the molecule is COC(=O)c1cccc(NC(=O)C2Cc3ccccc3N2)c1. The smallest absolute Gasteiger partial charge is 0.337 e. The number of benzene rings is 2. The molecule has 1 atom stereocenters. The highest BCUT2D eigenvalue weighted by molar-refractivity contribution is 5.99. The van der Waals surface area contributed by atoms with E-state index in [2.05, 4.69) is 15.4 Å². The van der Waals surface area contributed by atoms with E-state index in [1.54, 1.807) is 24.3 Å². The number of hydrogen-bond acceptors (Lipinski definition) is 4. The first-order valence-electron chi connectivity index (χ1n) is 7.01. The molecule has 0 bridgehead atoms. The largest absolute Gasteiger partial charge is 0.465 e. The Morgan fingerprint density at radius 3 is 2.77 bits per heavy atom. The standard InChI is InChI=1S/C17H16N2O3/c1-22-17(21)12-6-4-7-13(9-12)18-16(20)15-10-11-5-2-3-8-14(11)19-15/h2-9,15,19H,10H2,1H3,(H,18,20). The van der Waals surface area contributed by atoms with Crippen LogP contribution in [0.2, 0.25) is 0 Å². The lowest BCUT2D eigenvalue weighted by Gasteiger charge is -2.12. The fourth-order valence-electron chi connectivity index (χ4n) is 2.53. The number of rotatable bonds is 3. The molecular formula is C17H16N2O3. The van der Waals surface area contributed by atoms with Crippen molar-refractivity contribution in [3.63, 3.8) is 0 Å². The molecule has 3 rings (SSSR count). The maximum atomic E-state index is 12.3. The minimum atomic E-state index is -0.428. The summed E-state index contributed by atoms with van der Waals surface area (Å²) < 4.78 is 4.67. The van der Waals surface area contributed by atoms with Gasteiger partial charge in [-0.15, -0.1) is 0 Å². The lowest BCUT2D eigenvalue weighted by Crippen LogP contribution is -2.32. The Balaban J connectivity index is 1.69. The summed E-state index contributed by atoms with van der Waals surface area (Å²) in [7, 11) is 1.33. The molecule has 2 N–H and O–H groups in total. The highest BCUT2D eigenvalue weighted by Crippen LogP contribution is 2.25. The van der Waals surface area contributed by atoms with Gasteiger partial charge in [-0.3, -0.25) is 4.79 Å². The quantitative estimate of drug-likeness (QED) is 0.854. The van der Waals surface area contributed by atoms with Crippen molar-refractivity contribution in [1.29, 1.82) is 0 Å². The number of carbonyl (C=O) groups is 2. The molecule has 0 radical (unpaired) electrons. The first-order chi connectivity index (χ1) is 10.7. The van der Waals surface area contributed by atoms with Crippen LogP contribution in [-0.4, -0.2) is 25.0 Å². The summed E-state index contributed by atoms with van der Waals surface area (Å²) >= 11 is 0. The van der Waals surface area contributed by atoms with Crippen LogP contribution in [-0.2, 0) is 16.0 Å². The van der Waals surface area contributed by atoms with Gasteiger partial charge in [-0.25, -0.2) is 4.79 Å². The van der Waals surface area contributed by atoms with Crippen LogP contribution < -0.4 is 10.6 Å². The van der Waals surface area contributed by atoms with Gasteiger partial charge in [0, 0.05) is 17.8 Å². The minimum absolute atomic E-state index is 0.127. The van der Waals surface area contributed by atoms with Crippen LogP contribution in [0.25, 0.3) is 0 Å². The van der Waals surface area contributed by atoms with E-state index in [1.807, 2.05) is 24.3 Å². The Labute approximate surface area is 128 Å². The zero-order valence-corrected chi connectivity index (χ0v) is 12.1. The minimum Gasteiger partial charge on any atom is -0.465 e. The van der Waals surface area contributed by atoms with Gasteiger partial charge in [0.05, 0.1) is 12.7 Å². The third-order valence-corrected chi connectivity index (χ3v) is 3.64. The summed E-state index contributed by atoms with van der Waals surface area (Å²) in [6, 6.07) is 14.3. The summed E-state index contributed by atoms with van der Waals surface area (Å²) in [5, 5.41) is 6.03. The summed E-state index contributed by atoms with van der Waals surface area (Å²) in [5.41, 5.74) is 3.10. The van der Waals surface area contributed by atoms with E-state index in [9.17, 15) is 9.59 Å². The summed E-state index contributed by atoms with van der Waals surface area (Å²) in [4.78, 5) is 23.9. The molecule has 112 valence electrons. The van der Waals surface area contributed by atoms with Gasteiger partial charge in [-0.1, -0.05) is 24.3 Å². The molecule has 1 unspecified atom stereocenters. The molecule has 22 heavy (non-hydrogen) atoms. The van der Waals surface area contributed by atoms with E-state index in [1.165, 1.54) is 7.11 Å². The molecule has 0 saturated heterocycles. The zero-order valence-electron chi connectivity index (χ0n) is 12.1. The molecule has 1 aliphatic rings. The molecule has 5 nitrogen and oxygen atoms in total. The number of anilines is 2. The number of ether oxygens (including phenoxy) is 1. The summed E-state index contributed by atoms with van der Waals surface area (Å²) in [6.07, 6.45) is 0.651. The number of esters is 1. The van der Waals surface area contributed by atoms with Crippen molar-refractivity contribution in [1.82, 2.24) is 0 Å². The van der Waals surface area contributed by atoms with Crippen LogP contribution in [0.4, 0.5) is 11.4 Å². The first-order valence-corrected chi connectivity index (χ1v) is 7.01. The fourth-order valence-corrected chi connectivity index (χ4v) is 2.53. The number of carbonyl (C=O) groups excluding carboxylic acids is 2. The maximum absolute atomic E-state index is 12.3. The van der Waals surface area contributed by atoms with Crippen molar-refractivity contribution in [2.24, 2.45) is 0 Å². The second-order valence-corrected chi connectivity index (χ2v) is 5.12. The topological polar surface area (TPSA) is 67.4 Å². The van der Waals surface area contributed by atoms with Crippen molar-refractivity contribution in [2.45, 2.75) is 12.5 Å². The van der Waals surface area contributed by atoms with Gasteiger partial charge in [0.2, 0.25) is 5.91 Å². The van der Waals surface area contributed by atoms with Gasteiger partial charge in [0.15, 0.2) is 0 Å². The van der Waals surface area contributed by atoms with E-state index < -0.39 is 5.97 Å². The van der Waals surface area contributed by atoms with Crippen molar-refractivity contribution in [3.8, 4) is 0 Å². The fraction of sp³-hybridized carbons (Fsp3) is 0.176. The van der Waals surface area contributed by atoms with Crippen molar-refractivity contribution in [3.05, 3.63) is 59.7 Å². The number of fused-ring (bicyclic) bond motifs is 1. The van der Waals surface area contributed by atoms with Crippen LogP contribution in [0, 0.1) is 0 Å². The average molecular weight is 296 g/mol. The molecule has 1 amide bonds. The molecule has 1 aliphatic heterocycles. The normalized spacial score (nSPS) is 15.6. The summed E-state index contributed by atoms with van der Waals surface area (Å²) in [6.45, 7) is 0. The number of para-hydroxylation sites is 1. The highest BCUT2D eigenvalue weighted by atomic mass is 16.5. The second-order valence-electron chi connectivity index (χ2n) is 5.12. The monoisotopic (exact) mass is 296 g/mol. The number of hydrogen-bond donors (Lipinski definition) is 2. The Hall–Kier alpha value is -2.82. The van der Waals surface area contributed by atoms with Crippen LogP contribution in [0.1, 0.15) is 15.9 Å². The van der Waals surface area contributed by atoms with Gasteiger partial charge in [-0.2, -0.15) is 0 Å². The lowest BCUT2D eigenvalue weighted by atomic mass is 10.1. The van der Waals surface area contributed by atoms with Crippen LogP contribution >= 0.6 is 0 Å². The number of amides is 1. The van der Waals surface area contributed by atoms with Crippen molar-refractivity contribution in [2.75, 3.05) is 17.7 Å². The van der Waals surface area contributed by atoms with Crippen LogP contribution in [0.5, 0.6) is 0 Å². The molecule has 0 aromatic heterocycles. The molecule has 2 aromatic carbocycles. The number of nitrogens with one attached hydrogen (secondary N) is 2. The van der Waals surface area contributed by atoms with Gasteiger partial charge >= 0.3 is 5.97 Å². The molecule has 1 heterocycles. The predicted octanol–water partition coefficient (Wildman–Crippen LogP) is 2.45. The average Bonchev–Trinajstić information content (AvgIpc) is 2.98. The second kappa shape index (κ2) is 5.89. The Bertz CT molecular complexity index is 702.